The fourth-order valence-corrected chi connectivity index (χ4v) is 3.64. The van der Waals surface area contributed by atoms with Crippen molar-refractivity contribution in [1.29, 1.82) is 0 Å². The van der Waals surface area contributed by atoms with Crippen LogP contribution in [0.4, 0.5) is 5.69 Å². The summed E-state index contributed by atoms with van der Waals surface area (Å²) in [6.45, 7) is 0.341. The number of carbonyl (C=O) groups excluding carboxylic acids is 1. The second kappa shape index (κ2) is 8.23. The standard InChI is InChI=1S/C21H26N2O3/c1-23(18-10-6-8-15-7-4-5-9-17(15)18)14-21(24)22-16-11-12-19(25-2)20(13-16)26-3/h4-5,7,9,11-13,18H,6,8,10,14H2,1-3H3,(H,22,24). The van der Waals surface area contributed by atoms with Crippen molar-refractivity contribution in [3.05, 3.63) is 53.6 Å². The van der Waals surface area contributed by atoms with Gasteiger partial charge in [-0.2, -0.15) is 0 Å². The topological polar surface area (TPSA) is 50.8 Å². The van der Waals surface area contributed by atoms with Crippen LogP contribution < -0.4 is 14.8 Å². The molecule has 138 valence electrons. The molecule has 0 saturated heterocycles. The summed E-state index contributed by atoms with van der Waals surface area (Å²) in [7, 11) is 5.19. The summed E-state index contributed by atoms with van der Waals surface area (Å²) in [5, 5.41) is 2.95. The summed E-state index contributed by atoms with van der Waals surface area (Å²) in [5.41, 5.74) is 3.45. The predicted octanol–water partition coefficient (Wildman–Crippen LogP) is 3.65. The number of methoxy groups -OCH3 is 2. The van der Waals surface area contributed by atoms with Gasteiger partial charge in [-0.25, -0.2) is 0 Å². The van der Waals surface area contributed by atoms with Crippen LogP contribution in [0.5, 0.6) is 11.5 Å². The molecule has 0 aliphatic heterocycles. The van der Waals surface area contributed by atoms with Gasteiger partial charge in [-0.1, -0.05) is 24.3 Å². The first-order valence-electron chi connectivity index (χ1n) is 8.92. The summed E-state index contributed by atoms with van der Waals surface area (Å²) in [5.74, 6) is 1.20. The first kappa shape index (κ1) is 18.3. The lowest BCUT2D eigenvalue weighted by Gasteiger charge is -2.32. The minimum Gasteiger partial charge on any atom is -0.493 e. The van der Waals surface area contributed by atoms with E-state index in [0.717, 1.165) is 19.3 Å². The van der Waals surface area contributed by atoms with E-state index in [1.165, 1.54) is 11.1 Å². The quantitative estimate of drug-likeness (QED) is 0.860. The maximum absolute atomic E-state index is 12.5. The number of aryl methyl sites for hydroxylation is 1. The molecule has 1 aliphatic rings. The second-order valence-corrected chi connectivity index (χ2v) is 6.64. The van der Waals surface area contributed by atoms with Crippen LogP contribution in [0.25, 0.3) is 0 Å². The molecule has 0 aromatic heterocycles. The molecule has 2 aromatic carbocycles. The Morgan fingerprint density at radius 3 is 2.69 bits per heavy atom. The maximum atomic E-state index is 12.5. The minimum absolute atomic E-state index is 0.0391. The third-order valence-corrected chi connectivity index (χ3v) is 4.93. The van der Waals surface area contributed by atoms with Crippen molar-refractivity contribution in [1.82, 2.24) is 4.90 Å². The van der Waals surface area contributed by atoms with Gasteiger partial charge in [-0.3, -0.25) is 9.69 Å². The smallest absolute Gasteiger partial charge is 0.238 e. The average molecular weight is 354 g/mol. The number of benzene rings is 2. The molecule has 1 aliphatic carbocycles. The molecular formula is C21H26N2O3. The Balaban J connectivity index is 1.65. The van der Waals surface area contributed by atoms with E-state index in [-0.39, 0.29) is 11.9 Å². The van der Waals surface area contributed by atoms with Crippen molar-refractivity contribution in [2.45, 2.75) is 25.3 Å². The highest BCUT2D eigenvalue weighted by Gasteiger charge is 2.24. The molecule has 1 atom stereocenters. The van der Waals surface area contributed by atoms with Gasteiger partial charge in [0.25, 0.3) is 0 Å². The molecule has 0 heterocycles. The molecular weight excluding hydrogens is 328 g/mol. The Morgan fingerprint density at radius 1 is 1.15 bits per heavy atom. The van der Waals surface area contributed by atoms with Crippen LogP contribution in [-0.2, 0) is 11.2 Å². The number of ether oxygens (including phenoxy) is 2. The van der Waals surface area contributed by atoms with Crippen LogP contribution in [0.2, 0.25) is 0 Å². The molecule has 1 unspecified atom stereocenters. The number of hydrogen-bond donors (Lipinski definition) is 1. The molecule has 0 fully saturated rings. The van der Waals surface area contributed by atoms with Gasteiger partial charge in [0.2, 0.25) is 5.91 Å². The van der Waals surface area contributed by atoms with E-state index >= 15 is 0 Å². The number of anilines is 1. The lowest BCUT2D eigenvalue weighted by atomic mass is 9.87. The van der Waals surface area contributed by atoms with E-state index in [9.17, 15) is 4.79 Å². The number of hydrogen-bond acceptors (Lipinski definition) is 4. The number of fused-ring (bicyclic) bond motifs is 1. The van der Waals surface area contributed by atoms with Crippen LogP contribution >= 0.6 is 0 Å². The lowest BCUT2D eigenvalue weighted by molar-refractivity contribution is -0.117. The Hall–Kier alpha value is -2.53. The molecule has 0 radical (unpaired) electrons. The van der Waals surface area contributed by atoms with Crippen LogP contribution in [0, 0.1) is 0 Å². The van der Waals surface area contributed by atoms with Crippen molar-refractivity contribution >= 4 is 11.6 Å². The van der Waals surface area contributed by atoms with Crippen LogP contribution in [0.15, 0.2) is 42.5 Å². The van der Waals surface area contributed by atoms with Crippen LogP contribution in [0.3, 0.4) is 0 Å². The molecule has 5 heteroatoms. The van der Waals surface area contributed by atoms with Gasteiger partial charge < -0.3 is 14.8 Å². The predicted molar refractivity (Wildman–Crippen MR) is 103 cm³/mol. The number of likely N-dealkylation sites (N-methyl/N-ethyl adjacent to an activating group) is 1. The van der Waals surface area contributed by atoms with Gasteiger partial charge in [0.15, 0.2) is 11.5 Å². The Morgan fingerprint density at radius 2 is 1.92 bits per heavy atom. The summed E-state index contributed by atoms with van der Waals surface area (Å²) in [6, 6.07) is 14.2. The van der Waals surface area contributed by atoms with E-state index in [1.54, 1.807) is 26.4 Å². The molecule has 0 saturated carbocycles. The molecule has 3 rings (SSSR count). The maximum Gasteiger partial charge on any atom is 0.238 e. The second-order valence-electron chi connectivity index (χ2n) is 6.64. The van der Waals surface area contributed by atoms with Crippen molar-refractivity contribution in [3.8, 4) is 11.5 Å². The average Bonchev–Trinajstić information content (AvgIpc) is 2.67. The Labute approximate surface area is 154 Å². The number of amides is 1. The van der Waals surface area contributed by atoms with Crippen molar-refractivity contribution in [2.75, 3.05) is 33.1 Å². The SMILES string of the molecule is COc1ccc(NC(=O)CN(C)C2CCCc3ccccc32)cc1OC. The van der Waals surface area contributed by atoms with Gasteiger partial charge >= 0.3 is 0 Å². The van der Waals surface area contributed by atoms with E-state index < -0.39 is 0 Å². The molecule has 1 N–H and O–H groups in total. The zero-order valence-corrected chi connectivity index (χ0v) is 15.6. The van der Waals surface area contributed by atoms with Gasteiger partial charge in [-0.15, -0.1) is 0 Å². The first-order valence-corrected chi connectivity index (χ1v) is 8.92. The minimum atomic E-state index is -0.0391. The molecule has 0 bridgehead atoms. The van der Waals surface area contributed by atoms with Gasteiger partial charge in [0.05, 0.1) is 20.8 Å². The lowest BCUT2D eigenvalue weighted by Crippen LogP contribution is -2.34. The molecule has 0 spiro atoms. The number of nitrogens with zero attached hydrogens (tertiary/aromatic N) is 1. The normalized spacial score (nSPS) is 16.1. The number of rotatable bonds is 6. The fourth-order valence-electron chi connectivity index (χ4n) is 3.64. The highest BCUT2D eigenvalue weighted by Crippen LogP contribution is 2.33. The van der Waals surface area contributed by atoms with Gasteiger partial charge in [-0.05, 0) is 49.6 Å². The molecule has 1 amide bonds. The number of nitrogens with one attached hydrogen (secondary N) is 1. The van der Waals surface area contributed by atoms with E-state index in [0.29, 0.717) is 23.7 Å². The van der Waals surface area contributed by atoms with Crippen LogP contribution in [0.1, 0.15) is 30.0 Å². The van der Waals surface area contributed by atoms with Gasteiger partial charge in [0, 0.05) is 17.8 Å². The largest absolute Gasteiger partial charge is 0.493 e. The molecule has 26 heavy (non-hydrogen) atoms. The molecule has 2 aromatic rings. The summed E-state index contributed by atoms with van der Waals surface area (Å²) in [6.07, 6.45) is 3.36. The third-order valence-electron chi connectivity index (χ3n) is 4.93. The van der Waals surface area contributed by atoms with E-state index in [4.69, 9.17) is 9.47 Å². The third kappa shape index (κ3) is 3.99. The summed E-state index contributed by atoms with van der Waals surface area (Å²) < 4.78 is 10.5. The molecule has 5 nitrogen and oxygen atoms in total. The van der Waals surface area contributed by atoms with E-state index in [2.05, 4.69) is 34.5 Å². The summed E-state index contributed by atoms with van der Waals surface area (Å²) >= 11 is 0. The summed E-state index contributed by atoms with van der Waals surface area (Å²) in [4.78, 5) is 14.6. The monoisotopic (exact) mass is 354 g/mol. The first-order chi connectivity index (χ1) is 12.6. The fraction of sp³-hybridized carbons (Fsp3) is 0.381. The zero-order chi connectivity index (χ0) is 18.5. The highest BCUT2D eigenvalue weighted by molar-refractivity contribution is 5.92. The van der Waals surface area contributed by atoms with Crippen molar-refractivity contribution in [3.63, 3.8) is 0 Å². The van der Waals surface area contributed by atoms with Gasteiger partial charge in [0.1, 0.15) is 0 Å². The Kier molecular flexibility index (Phi) is 5.78. The Bertz CT molecular complexity index is 776. The highest BCUT2D eigenvalue weighted by atomic mass is 16.5. The van der Waals surface area contributed by atoms with Crippen molar-refractivity contribution in [2.24, 2.45) is 0 Å². The van der Waals surface area contributed by atoms with E-state index in [1.807, 2.05) is 13.1 Å². The van der Waals surface area contributed by atoms with Crippen LogP contribution in [-0.4, -0.2) is 38.6 Å². The van der Waals surface area contributed by atoms with Crippen molar-refractivity contribution < 1.29 is 14.3 Å². The zero-order valence-electron chi connectivity index (χ0n) is 15.6. The number of carbonyl (C=O) groups is 1.